The summed E-state index contributed by atoms with van der Waals surface area (Å²) in [7, 11) is 1.33. The van der Waals surface area contributed by atoms with Crippen molar-refractivity contribution in [1.82, 2.24) is 14.8 Å². The number of aromatic hydroxyl groups is 1. The molecule has 3 aromatic rings. The topological polar surface area (TPSA) is 341 Å². The van der Waals surface area contributed by atoms with Gasteiger partial charge in [0.05, 0.1) is 82.6 Å². The molecule has 2 amide bonds. The molecule has 0 radical (unpaired) electrons. The van der Waals surface area contributed by atoms with Crippen molar-refractivity contribution in [3.63, 3.8) is 0 Å². The summed E-state index contributed by atoms with van der Waals surface area (Å²) in [6, 6.07) is 0.321. The molecule has 5 bridgehead atoms. The van der Waals surface area contributed by atoms with E-state index in [1.54, 1.807) is 42.1 Å². The Morgan fingerprint density at radius 3 is 2.30 bits per heavy atom. The van der Waals surface area contributed by atoms with E-state index in [1.165, 1.54) is 93.0 Å². The number of amides is 2. The van der Waals surface area contributed by atoms with Gasteiger partial charge in [0.1, 0.15) is 47.9 Å². The van der Waals surface area contributed by atoms with Crippen LogP contribution in [0.4, 0.5) is 10.1 Å². The number of hydrogen-bond acceptors (Lipinski definition) is 22. The number of piperazine rings is 1. The molecule has 15 atom stereocenters. The van der Waals surface area contributed by atoms with E-state index in [9.17, 15) is 63.6 Å². The number of phenolic OH excluding ortho intramolecular Hbond substituents is 1. The lowest BCUT2D eigenvalue weighted by molar-refractivity contribution is -0.246. The number of carbonyl (C=O) groups is 8. The van der Waals surface area contributed by atoms with E-state index >= 15 is 4.39 Å². The minimum Gasteiger partial charge on any atom is -0.507 e. The number of allylic oxidation sites excluding steroid dienone is 4. The van der Waals surface area contributed by atoms with Crippen LogP contribution < -0.4 is 25.1 Å². The lowest BCUT2D eigenvalue weighted by Crippen LogP contribution is -2.55. The molecule has 8 aliphatic rings. The van der Waals surface area contributed by atoms with Gasteiger partial charge < -0.3 is 82.7 Å². The molecule has 4 fully saturated rings. The van der Waals surface area contributed by atoms with E-state index in [1.807, 2.05) is 0 Å². The maximum Gasteiger partial charge on any atom is 0.341 e. The first-order valence-electron chi connectivity index (χ1n) is 32.2. The fraction of sp³-hybridized carbons (Fsp3) is 0.551. The van der Waals surface area contributed by atoms with Gasteiger partial charge in [-0.2, -0.15) is 0 Å². The van der Waals surface area contributed by atoms with Crippen molar-refractivity contribution in [1.29, 1.82) is 0 Å². The van der Waals surface area contributed by atoms with Crippen molar-refractivity contribution in [2.75, 3.05) is 38.4 Å². The first-order chi connectivity index (χ1) is 45.2. The van der Waals surface area contributed by atoms with E-state index in [2.05, 4.69) is 5.32 Å². The highest BCUT2D eigenvalue weighted by atomic mass is 19.1. The highest BCUT2D eigenvalue weighted by Gasteiger charge is 2.53. The molecule has 0 spiro atoms. The van der Waals surface area contributed by atoms with Crippen LogP contribution in [0.2, 0.25) is 0 Å². The number of aliphatic hydroxyl groups excluding tert-OH is 2. The van der Waals surface area contributed by atoms with Crippen molar-refractivity contribution in [3.8, 4) is 17.2 Å². The molecular formula is C69H83FN4O22. The Morgan fingerprint density at radius 1 is 0.938 bits per heavy atom. The third-order valence-electron chi connectivity index (χ3n) is 19.6. The fourth-order valence-electron chi connectivity index (χ4n) is 13.8. The first kappa shape index (κ1) is 70.5. The Hall–Kier alpha value is -8.34. The summed E-state index contributed by atoms with van der Waals surface area (Å²) >= 11 is 0. The number of ketones is 3. The molecule has 2 aromatic carbocycles. The summed E-state index contributed by atoms with van der Waals surface area (Å²) in [6.45, 7) is 18.3. The molecule has 27 heteroatoms. The van der Waals surface area contributed by atoms with Crippen LogP contribution in [0.25, 0.3) is 10.9 Å². The minimum atomic E-state index is -2.22. The van der Waals surface area contributed by atoms with E-state index in [-0.39, 0.29) is 90.1 Å². The largest absolute Gasteiger partial charge is 0.507 e. The highest BCUT2D eigenvalue weighted by Crippen LogP contribution is 2.49. The number of fused-ring (bicyclic) bond motifs is 16. The number of carboxylic acids is 1. The predicted octanol–water partition coefficient (Wildman–Crippen LogP) is 6.44. The van der Waals surface area contributed by atoms with E-state index in [4.69, 9.17) is 42.6 Å². The second kappa shape index (κ2) is 27.3. The molecule has 1 aromatic heterocycles. The molecule has 96 heavy (non-hydrogen) atoms. The van der Waals surface area contributed by atoms with Crippen LogP contribution in [0.15, 0.2) is 65.0 Å². The average molecular weight is 1340 g/mol. The number of anilines is 1. The van der Waals surface area contributed by atoms with Gasteiger partial charge in [0, 0.05) is 105 Å². The van der Waals surface area contributed by atoms with Gasteiger partial charge in [0.2, 0.25) is 17.1 Å². The Kier molecular flexibility index (Phi) is 20.0. The fourth-order valence-corrected chi connectivity index (χ4v) is 13.8. The molecule has 7 heterocycles. The van der Waals surface area contributed by atoms with E-state index in [0.29, 0.717) is 12.8 Å². The first-order valence-corrected chi connectivity index (χ1v) is 32.2. The summed E-state index contributed by atoms with van der Waals surface area (Å²) in [4.78, 5) is 128. The Morgan fingerprint density at radius 2 is 1.65 bits per heavy atom. The van der Waals surface area contributed by atoms with Gasteiger partial charge >= 0.3 is 23.7 Å². The standard InChI is InChI=1S/C69H83FN4O22/c1-30-15-14-16-40(36(7)93-67(87)68(10,11)26-48(77)73-21-20-72(27-31(73)2)54-43(70)23-41-53(63(54)88-13)74(39-17-18-39)28-42(58(41)81)66(85)86)56(79)33(4)55(78)34(5)60(94-38(9)75)32(3)46(95-49-25-47-62(37(8)92-49)90-29-89-47)19-22-91-69(12)64(83)52-50-45(76)24-44(71-65(30)84)59(82)51(50)57(80)35(6)61(52)96-69/h14-16,19,22-24,28,31-34,36-37,39-40,46-47,49,55-56,60,62,78-80H,17-18,20-21,25-27,29H2,1-13H3,(H,71,84)(H,85,86)/b16-14+,22-19+,30-15-/t31?,32-,33+,34-,36?,37-,40-,46+,47+,49+,55-,56-,60-,62-,69+/m1/s1. The number of hydrogen-bond donors (Lipinski definition) is 5. The van der Waals surface area contributed by atoms with E-state index < -0.39 is 182 Å². The number of ether oxygens (including phenoxy) is 9. The third-order valence-corrected chi connectivity index (χ3v) is 19.6. The van der Waals surface area contributed by atoms with Gasteiger partial charge in [0.25, 0.3) is 11.7 Å². The van der Waals surface area contributed by atoms with E-state index in [0.717, 1.165) is 18.4 Å². The number of rotatable bonds is 12. The summed E-state index contributed by atoms with van der Waals surface area (Å²) in [6.07, 6.45) is 0.956. The number of carboxylic acid groups (broad SMARTS) is 1. The molecule has 11 rings (SSSR count). The zero-order valence-electron chi connectivity index (χ0n) is 55.8. The van der Waals surface area contributed by atoms with Crippen LogP contribution >= 0.6 is 0 Å². The number of esters is 2. The number of benzene rings is 2. The summed E-state index contributed by atoms with van der Waals surface area (Å²) < 4.78 is 72.7. The summed E-state index contributed by atoms with van der Waals surface area (Å²) in [5, 5.41) is 48.7. The van der Waals surface area contributed by atoms with Gasteiger partial charge in [0.15, 0.2) is 23.6 Å². The minimum absolute atomic E-state index is 0.0290. The van der Waals surface area contributed by atoms with Gasteiger partial charge in [-0.25, -0.2) is 9.18 Å². The number of halogens is 1. The number of methoxy groups -OCH3 is 1. The molecule has 6 aliphatic heterocycles. The Labute approximate surface area is 552 Å². The van der Waals surface area contributed by atoms with Crippen LogP contribution in [0.5, 0.6) is 17.2 Å². The molecule has 5 N–H and O–H groups in total. The molecule has 518 valence electrons. The molecular weight excluding hydrogens is 1260 g/mol. The van der Waals surface area contributed by atoms with Crippen molar-refractivity contribution in [2.45, 2.75) is 182 Å². The van der Waals surface area contributed by atoms with Gasteiger partial charge in [-0.1, -0.05) is 39.0 Å². The van der Waals surface area contributed by atoms with Crippen molar-refractivity contribution in [3.05, 3.63) is 104 Å². The smallest absolute Gasteiger partial charge is 0.341 e. The number of aliphatic hydroxyl groups is 2. The molecule has 1 saturated carbocycles. The molecule has 2 unspecified atom stereocenters. The lowest BCUT2D eigenvalue weighted by Gasteiger charge is -2.42. The zero-order valence-corrected chi connectivity index (χ0v) is 55.8. The number of nitrogens with zero attached hydrogens (tertiary/aromatic N) is 3. The third kappa shape index (κ3) is 13.3. The van der Waals surface area contributed by atoms with Gasteiger partial charge in [-0.15, -0.1) is 0 Å². The second-order valence-corrected chi connectivity index (χ2v) is 27.0. The number of nitrogens with one attached hydrogen (secondary N) is 1. The number of phenols is 1. The van der Waals surface area contributed by atoms with Crippen LogP contribution in [-0.2, 0) is 52.3 Å². The van der Waals surface area contributed by atoms with Crippen LogP contribution in [0.3, 0.4) is 0 Å². The van der Waals surface area contributed by atoms with Crippen molar-refractivity contribution in [2.24, 2.45) is 29.1 Å². The number of carbonyl (C=O) groups excluding carboxylic acids is 7. The number of aromatic carboxylic acids is 1. The van der Waals surface area contributed by atoms with Crippen molar-refractivity contribution >= 4 is 63.7 Å². The molecule has 26 nitrogen and oxygen atoms in total. The highest BCUT2D eigenvalue weighted by molar-refractivity contribution is 6.31. The predicted molar refractivity (Wildman–Crippen MR) is 338 cm³/mol. The molecule has 3 saturated heterocycles. The summed E-state index contributed by atoms with van der Waals surface area (Å²) in [5.74, 6) is -15.4. The maximum atomic E-state index is 16.4. The maximum absolute atomic E-state index is 16.4. The number of Topliss-reactive ketones (excluding diaryl/α,β-unsaturated/α-hetero) is 2. The summed E-state index contributed by atoms with van der Waals surface area (Å²) in [5.41, 5.74) is -4.65. The quantitative estimate of drug-likeness (QED) is 0.122. The number of pyridine rings is 1. The second-order valence-electron chi connectivity index (χ2n) is 27.0. The van der Waals surface area contributed by atoms with Crippen molar-refractivity contribution < 1.29 is 106 Å². The molecule has 2 aliphatic carbocycles. The lowest BCUT2D eigenvalue weighted by atomic mass is 9.77. The SMILES string of the molecule is COc1c(N2CCN(C(=O)CC(C)(C)C(=O)OC(C)[C@H]3/C=C/C=C(/C)C(=O)NC4=CC(=O)c5c(c(O)c(C)c6c5C(=O)[C@@](C)(O/C=C/[C@H](O[C@H]5C[C@@H]7OCO[C@@H]7[C@@H](C)O5)[C@@H](C)[C@@H](OC(C)=O)[C@H](C)[C@H](O)[C@H](C)[C@H]3O)O6)C4=O)C(C)C2)c(F)cc2c(=O)c(C(=O)O)cn(C3CC3)c12. The average Bonchev–Trinajstić information content (AvgIpc) is 1.47. The Balaban J connectivity index is 0.927. The Bertz CT molecular complexity index is 3890. The monoisotopic (exact) mass is 1340 g/mol. The number of aromatic nitrogens is 1. The van der Waals surface area contributed by atoms with Crippen LogP contribution in [0, 0.1) is 41.8 Å². The zero-order chi connectivity index (χ0) is 70.1. The van der Waals surface area contributed by atoms with Crippen LogP contribution in [-0.4, -0.2) is 177 Å². The normalized spacial score (nSPS) is 31.2. The van der Waals surface area contributed by atoms with Crippen LogP contribution in [0.1, 0.15) is 155 Å². The van der Waals surface area contributed by atoms with Gasteiger partial charge in [-0.05, 0) is 73.5 Å². The van der Waals surface area contributed by atoms with Gasteiger partial charge in [-0.3, -0.25) is 38.4 Å².